The molecule has 4 aromatic rings. The van der Waals surface area contributed by atoms with Crippen molar-refractivity contribution < 1.29 is 19.1 Å². The Kier molecular flexibility index (Phi) is 5.97. The van der Waals surface area contributed by atoms with Crippen molar-refractivity contribution >= 4 is 45.3 Å². The number of rotatable bonds is 4. The largest absolute Gasteiger partial charge is 0.452 e. The number of hydrogen-bond donors (Lipinski definition) is 0. The van der Waals surface area contributed by atoms with Crippen LogP contribution in [0.2, 0.25) is 0 Å². The average molecular weight is 512 g/mol. The summed E-state index contributed by atoms with van der Waals surface area (Å²) in [7, 11) is 0. The summed E-state index contributed by atoms with van der Waals surface area (Å²) in [5.41, 5.74) is 2.59. The number of fused-ring (bicyclic) bond motifs is 1. The third kappa shape index (κ3) is 4.36. The minimum Gasteiger partial charge on any atom is -0.452 e. The van der Waals surface area contributed by atoms with Crippen LogP contribution in [0.25, 0.3) is 6.08 Å². The highest BCUT2D eigenvalue weighted by molar-refractivity contribution is 9.10. The highest BCUT2D eigenvalue weighted by Crippen LogP contribution is 2.36. The Morgan fingerprint density at radius 2 is 1.44 bits per heavy atom. The van der Waals surface area contributed by atoms with Crippen LogP contribution >= 0.6 is 15.9 Å². The number of nitrogens with zero attached hydrogens (tertiary/aromatic N) is 1. The molecule has 1 aliphatic rings. The lowest BCUT2D eigenvalue weighted by molar-refractivity contribution is 0.101. The topological polar surface area (TPSA) is 55.8 Å². The molecule has 0 saturated carbocycles. The van der Waals surface area contributed by atoms with E-state index in [2.05, 4.69) is 15.9 Å². The van der Waals surface area contributed by atoms with E-state index in [0.29, 0.717) is 22.7 Å². The molecule has 1 amide bonds. The number of hydrogen-bond acceptors (Lipinski definition) is 4. The summed E-state index contributed by atoms with van der Waals surface area (Å²) in [5, 5.41) is 0. The van der Waals surface area contributed by atoms with E-state index in [9.17, 15) is 9.59 Å². The van der Waals surface area contributed by atoms with Gasteiger partial charge in [-0.15, -0.1) is 0 Å². The Morgan fingerprint density at radius 1 is 0.824 bits per heavy atom. The van der Waals surface area contributed by atoms with Gasteiger partial charge in [0.05, 0.1) is 16.9 Å². The van der Waals surface area contributed by atoms with E-state index in [1.54, 1.807) is 24.3 Å². The van der Waals surface area contributed by atoms with Gasteiger partial charge in [0.25, 0.3) is 0 Å². The van der Waals surface area contributed by atoms with Crippen LogP contribution in [0.15, 0.2) is 113 Å². The fourth-order valence-electron chi connectivity index (χ4n) is 3.62. The Morgan fingerprint density at radius 3 is 2.09 bits per heavy atom. The van der Waals surface area contributed by atoms with Crippen LogP contribution in [0, 0.1) is 0 Å². The van der Waals surface area contributed by atoms with Gasteiger partial charge in [-0.3, -0.25) is 4.79 Å². The molecule has 5 rings (SSSR count). The fraction of sp³-hybridized carbons (Fsp3) is 0. The van der Waals surface area contributed by atoms with Crippen LogP contribution < -0.4 is 14.4 Å². The molecule has 0 fully saturated rings. The Balaban J connectivity index is 1.41. The Hall–Kier alpha value is -4.16. The van der Waals surface area contributed by atoms with Gasteiger partial charge in [0.1, 0.15) is 11.5 Å². The number of benzene rings is 4. The maximum Gasteiger partial charge on any atom is 0.424 e. The summed E-state index contributed by atoms with van der Waals surface area (Å²) in [6.45, 7) is 0. The number of para-hydroxylation sites is 2. The van der Waals surface area contributed by atoms with E-state index >= 15 is 0 Å². The van der Waals surface area contributed by atoms with Gasteiger partial charge in [0.15, 0.2) is 5.76 Å². The molecule has 0 unspecified atom stereocenters. The molecule has 0 radical (unpaired) electrons. The molecule has 0 saturated heterocycles. The lowest BCUT2D eigenvalue weighted by atomic mass is 10.1. The normalized spacial score (nSPS) is 13.3. The van der Waals surface area contributed by atoms with Crippen LogP contribution in [-0.4, -0.2) is 11.9 Å². The predicted octanol–water partition coefficient (Wildman–Crippen LogP) is 7.40. The standard InChI is InChI=1S/C28H18BrNO4/c29-24-14-8-7-9-19(24)17-26-27(31)23-16-15-22(18-25(23)34-26)33-28(32)30(20-10-3-1-4-11-20)21-12-5-2-6-13-21/h1-18H. The van der Waals surface area contributed by atoms with Crippen molar-refractivity contribution in [1.82, 2.24) is 0 Å². The van der Waals surface area contributed by atoms with Crippen molar-refractivity contribution in [3.8, 4) is 11.5 Å². The van der Waals surface area contributed by atoms with Gasteiger partial charge < -0.3 is 9.47 Å². The SMILES string of the molecule is O=C1C(=Cc2ccccc2Br)Oc2cc(OC(=O)N(c3ccccc3)c3ccccc3)ccc21. The first kappa shape index (κ1) is 21.7. The van der Waals surface area contributed by atoms with E-state index in [-0.39, 0.29) is 17.3 Å². The van der Waals surface area contributed by atoms with Crippen LogP contribution in [0.4, 0.5) is 16.2 Å². The van der Waals surface area contributed by atoms with Gasteiger partial charge in [-0.05, 0) is 54.1 Å². The van der Waals surface area contributed by atoms with Crippen LogP contribution in [-0.2, 0) is 0 Å². The van der Waals surface area contributed by atoms with Crippen molar-refractivity contribution in [2.45, 2.75) is 0 Å². The lowest BCUT2D eigenvalue weighted by Crippen LogP contribution is -2.29. The van der Waals surface area contributed by atoms with Crippen LogP contribution in [0.3, 0.4) is 0 Å². The minimum absolute atomic E-state index is 0.209. The maximum absolute atomic E-state index is 13.2. The molecule has 0 spiro atoms. The second-order valence-electron chi connectivity index (χ2n) is 7.49. The number of ether oxygens (including phenoxy) is 2. The second-order valence-corrected chi connectivity index (χ2v) is 8.35. The van der Waals surface area contributed by atoms with Crippen molar-refractivity contribution in [3.05, 3.63) is 124 Å². The number of allylic oxidation sites excluding steroid dienone is 1. The molecule has 1 aliphatic heterocycles. The summed E-state index contributed by atoms with van der Waals surface area (Å²) >= 11 is 3.48. The highest BCUT2D eigenvalue weighted by atomic mass is 79.9. The smallest absolute Gasteiger partial charge is 0.424 e. The number of halogens is 1. The van der Waals surface area contributed by atoms with Gasteiger partial charge >= 0.3 is 6.09 Å². The maximum atomic E-state index is 13.2. The highest BCUT2D eigenvalue weighted by Gasteiger charge is 2.29. The quantitative estimate of drug-likeness (QED) is 0.268. The number of Topliss-reactive ketones (excluding diaryl/α,β-unsaturated/α-hetero) is 1. The third-order valence-corrected chi connectivity index (χ3v) is 5.97. The van der Waals surface area contributed by atoms with Crippen molar-refractivity contribution in [2.24, 2.45) is 0 Å². The van der Waals surface area contributed by atoms with Gasteiger partial charge in [-0.25, -0.2) is 9.69 Å². The fourth-order valence-corrected chi connectivity index (χ4v) is 4.02. The third-order valence-electron chi connectivity index (χ3n) is 5.25. The molecule has 34 heavy (non-hydrogen) atoms. The molecule has 1 heterocycles. The number of amides is 1. The molecule has 0 bridgehead atoms. The minimum atomic E-state index is -0.578. The molecule has 0 aliphatic carbocycles. The molecular weight excluding hydrogens is 494 g/mol. The van der Waals surface area contributed by atoms with E-state index in [0.717, 1.165) is 10.0 Å². The second kappa shape index (κ2) is 9.37. The molecular formula is C28H18BrNO4. The molecule has 0 aromatic heterocycles. The van der Waals surface area contributed by atoms with E-state index in [1.807, 2.05) is 84.9 Å². The van der Waals surface area contributed by atoms with Crippen molar-refractivity contribution in [3.63, 3.8) is 0 Å². The van der Waals surface area contributed by atoms with Crippen LogP contribution in [0.1, 0.15) is 15.9 Å². The lowest BCUT2D eigenvalue weighted by Gasteiger charge is -2.22. The van der Waals surface area contributed by atoms with E-state index in [4.69, 9.17) is 9.47 Å². The summed E-state index contributed by atoms with van der Waals surface area (Å²) in [4.78, 5) is 27.5. The summed E-state index contributed by atoms with van der Waals surface area (Å²) in [6.07, 6.45) is 1.11. The monoisotopic (exact) mass is 511 g/mol. The van der Waals surface area contributed by atoms with Crippen molar-refractivity contribution in [2.75, 3.05) is 4.90 Å². The van der Waals surface area contributed by atoms with Gasteiger partial charge in [-0.2, -0.15) is 0 Å². The molecule has 5 nitrogen and oxygen atoms in total. The molecule has 0 N–H and O–H groups in total. The predicted molar refractivity (Wildman–Crippen MR) is 135 cm³/mol. The van der Waals surface area contributed by atoms with Gasteiger partial charge in [-0.1, -0.05) is 70.5 Å². The molecule has 6 heteroatoms. The van der Waals surface area contributed by atoms with Gasteiger partial charge in [0.2, 0.25) is 5.78 Å². The number of ketones is 1. The van der Waals surface area contributed by atoms with E-state index < -0.39 is 6.09 Å². The van der Waals surface area contributed by atoms with Crippen molar-refractivity contribution in [1.29, 1.82) is 0 Å². The summed E-state index contributed by atoms with van der Waals surface area (Å²) in [5.74, 6) is 0.606. The number of carbonyl (C=O) groups excluding carboxylic acids is 2. The Bertz CT molecular complexity index is 1360. The zero-order chi connectivity index (χ0) is 23.5. The Labute approximate surface area is 205 Å². The first-order valence-corrected chi connectivity index (χ1v) is 11.3. The number of carbonyl (C=O) groups is 2. The number of anilines is 2. The van der Waals surface area contributed by atoms with Crippen LogP contribution in [0.5, 0.6) is 11.5 Å². The molecule has 4 aromatic carbocycles. The summed E-state index contributed by atoms with van der Waals surface area (Å²) in [6, 6.07) is 30.8. The zero-order valence-corrected chi connectivity index (χ0v) is 19.4. The molecule has 0 atom stereocenters. The zero-order valence-electron chi connectivity index (χ0n) is 17.9. The van der Waals surface area contributed by atoms with Gasteiger partial charge in [0, 0.05) is 10.5 Å². The molecule has 166 valence electrons. The first-order valence-electron chi connectivity index (χ1n) is 10.5. The summed E-state index contributed by atoms with van der Waals surface area (Å²) < 4.78 is 12.4. The first-order chi connectivity index (χ1) is 16.6. The average Bonchev–Trinajstić information content (AvgIpc) is 3.16. The van der Waals surface area contributed by atoms with E-state index in [1.165, 1.54) is 4.90 Å².